The Morgan fingerprint density at radius 2 is 1.25 bits per heavy atom. The van der Waals surface area contributed by atoms with E-state index in [9.17, 15) is 0 Å². The maximum Gasteiger partial charge on any atom is 0 e. The zero-order chi connectivity index (χ0) is 2.00. The van der Waals surface area contributed by atoms with Crippen molar-refractivity contribution in [2.24, 2.45) is 0 Å². The molecule has 0 rings (SSSR count). The minimum absolute atomic E-state index is 0. The fourth-order valence-electron chi connectivity index (χ4n) is 0. The van der Waals surface area contributed by atoms with Crippen molar-refractivity contribution in [1.82, 2.24) is 0 Å². The van der Waals surface area contributed by atoms with E-state index in [0.717, 1.165) is 16.6 Å². The summed E-state index contributed by atoms with van der Waals surface area (Å²) >= 11 is 0.958. The molecule has 4 heavy (non-hydrogen) atoms. The second-order valence-corrected chi connectivity index (χ2v) is 0. The summed E-state index contributed by atoms with van der Waals surface area (Å²) in [7, 11) is 4.21. The fraction of sp³-hybridized carbons (Fsp3) is 0. The van der Waals surface area contributed by atoms with Crippen LogP contribution in [-0.2, 0) is 36.0 Å². The van der Waals surface area contributed by atoms with Crippen LogP contribution in [-0.4, -0.2) is 17.1 Å². The van der Waals surface area contributed by atoms with Gasteiger partial charge in [-0.2, -0.15) is 0 Å². The van der Waals surface area contributed by atoms with Gasteiger partial charge in [-0.1, -0.05) is 0 Å². The number of rotatable bonds is 0. The second-order valence-electron chi connectivity index (χ2n) is 0. The summed E-state index contributed by atoms with van der Waals surface area (Å²) < 4.78 is 0. The molecule has 0 nitrogen and oxygen atoms in total. The molecule has 0 N–H and O–H groups in total. The Balaban J connectivity index is -0.00000000500. The Morgan fingerprint density at radius 3 is 1.25 bits per heavy atom. The molecule has 0 aromatic rings. The molecule has 1 radical (unpaired) electrons. The second kappa shape index (κ2) is 20.1. The van der Waals surface area contributed by atoms with Crippen molar-refractivity contribution in [2.75, 3.05) is 0 Å². The molecule has 17 valence electrons. The quantitative estimate of drug-likeness (QED) is 0.539. The predicted molar refractivity (Wildman–Crippen MR) is 14.7 cm³/mol. The van der Waals surface area contributed by atoms with Crippen molar-refractivity contribution >= 4 is 27.2 Å². The van der Waals surface area contributed by atoms with Gasteiger partial charge in [0.15, 0.2) is 0 Å². The van der Waals surface area contributed by atoms with E-state index in [4.69, 9.17) is 0 Å². The molecule has 4 heteroatoms. The zero-order valence-electron chi connectivity index (χ0n) is 2.27. The summed E-state index contributed by atoms with van der Waals surface area (Å²) in [6.07, 6.45) is 0. The Hall–Kier alpha value is 1.99. The van der Waals surface area contributed by atoms with Crippen molar-refractivity contribution in [3.63, 3.8) is 0 Å². The van der Waals surface area contributed by atoms with Crippen LogP contribution in [0, 0.1) is 0 Å². The summed E-state index contributed by atoms with van der Waals surface area (Å²) in [6, 6.07) is 0. The van der Waals surface area contributed by atoms with Gasteiger partial charge in [-0.25, -0.2) is 0 Å². The summed E-state index contributed by atoms with van der Waals surface area (Å²) in [5.41, 5.74) is 0. The van der Waals surface area contributed by atoms with E-state index < -0.39 is 0 Å². The molecular formula is HSSeZn2. The Kier molecular flexibility index (Phi) is 83.8. The van der Waals surface area contributed by atoms with Gasteiger partial charge in [0.05, 0.1) is 0 Å². The summed E-state index contributed by atoms with van der Waals surface area (Å²) in [5, 5.41) is 0. The SMILES string of the molecule is [S]=[Zn].[SeH].[Zn]. The maximum atomic E-state index is 4.21. The van der Waals surface area contributed by atoms with Crippen LogP contribution in [0.15, 0.2) is 0 Å². The predicted octanol–water partition coefficient (Wildman–Crippen LogP) is -0.00530. The maximum absolute atomic E-state index is 4.21. The van der Waals surface area contributed by atoms with E-state index in [-0.39, 0.29) is 36.5 Å². The topological polar surface area (TPSA) is 0 Å². The van der Waals surface area contributed by atoms with E-state index in [1.807, 2.05) is 0 Å². The van der Waals surface area contributed by atoms with Crippen molar-refractivity contribution in [3.8, 4) is 0 Å². The third-order valence-corrected chi connectivity index (χ3v) is 0. The first-order chi connectivity index (χ1) is 1.00. The minimum atomic E-state index is 0. The number of hydrogen-bond acceptors (Lipinski definition) is 1. The van der Waals surface area contributed by atoms with Crippen molar-refractivity contribution in [1.29, 1.82) is 0 Å². The molecule has 0 atom stereocenters. The van der Waals surface area contributed by atoms with Crippen LogP contribution in [0.25, 0.3) is 0 Å². The minimum Gasteiger partial charge on any atom is 0 e. The van der Waals surface area contributed by atoms with Crippen LogP contribution in [0.1, 0.15) is 0 Å². The first-order valence-electron chi connectivity index (χ1n) is 0.289. The van der Waals surface area contributed by atoms with Crippen LogP contribution < -0.4 is 0 Å². The monoisotopic (exact) mass is 241 g/mol. The van der Waals surface area contributed by atoms with E-state index in [1.54, 1.807) is 0 Å². The van der Waals surface area contributed by atoms with E-state index in [2.05, 4.69) is 10.1 Å². The molecule has 0 amide bonds. The summed E-state index contributed by atoms with van der Waals surface area (Å²) in [6.45, 7) is 0. The van der Waals surface area contributed by atoms with E-state index in [0.29, 0.717) is 0 Å². The molecular weight excluding hydrogens is 242 g/mol. The molecule has 0 fully saturated rings. The van der Waals surface area contributed by atoms with Crippen LogP contribution in [0.4, 0.5) is 0 Å². The van der Waals surface area contributed by atoms with Gasteiger partial charge in [-0.15, -0.1) is 0 Å². The molecule has 0 heterocycles. The van der Waals surface area contributed by atoms with Crippen molar-refractivity contribution < 1.29 is 36.0 Å². The van der Waals surface area contributed by atoms with Gasteiger partial charge in [0, 0.05) is 19.5 Å². The third-order valence-electron chi connectivity index (χ3n) is 0. The standard InChI is InChI=1S/S.HSe.2Zn/h;1H;;. The molecule has 0 saturated heterocycles. The molecule has 0 aromatic carbocycles. The van der Waals surface area contributed by atoms with Crippen molar-refractivity contribution in [2.45, 2.75) is 0 Å². The van der Waals surface area contributed by atoms with Crippen LogP contribution in [0.5, 0.6) is 0 Å². The van der Waals surface area contributed by atoms with Crippen molar-refractivity contribution in [3.05, 3.63) is 0 Å². The van der Waals surface area contributed by atoms with Gasteiger partial charge in [0.2, 0.25) is 0 Å². The fourth-order valence-corrected chi connectivity index (χ4v) is 0. The largest absolute Gasteiger partial charge is 0 e. The number of hydrogen-bond donors (Lipinski definition) is 0. The van der Waals surface area contributed by atoms with Gasteiger partial charge in [0.1, 0.15) is 0 Å². The normalized spacial score (nSPS) is 1.50. The van der Waals surface area contributed by atoms with Crippen LogP contribution in [0.3, 0.4) is 0 Å². The first kappa shape index (κ1) is 16.7. The van der Waals surface area contributed by atoms with E-state index >= 15 is 0 Å². The Morgan fingerprint density at radius 1 is 1.25 bits per heavy atom. The molecule has 0 aliphatic heterocycles. The molecule has 0 aliphatic carbocycles. The zero-order valence-corrected chi connectivity index (χ0v) is 10.9. The molecule has 0 aromatic heterocycles. The van der Waals surface area contributed by atoms with Crippen LogP contribution in [0.2, 0.25) is 0 Å². The Bertz CT molecular complexity index is 6.00. The smallest absolute Gasteiger partial charge is 0 e. The van der Waals surface area contributed by atoms with Gasteiger partial charge in [-0.3, -0.25) is 0 Å². The van der Waals surface area contributed by atoms with Gasteiger partial charge >= 0.3 is 43.7 Å². The molecule has 0 unspecified atom stereocenters. The average Bonchev–Trinajstić information content (AvgIpc) is 1.00. The van der Waals surface area contributed by atoms with Crippen LogP contribution >= 0.6 is 10.1 Å². The average molecular weight is 243 g/mol. The van der Waals surface area contributed by atoms with Gasteiger partial charge in [-0.05, 0) is 0 Å². The summed E-state index contributed by atoms with van der Waals surface area (Å²) in [4.78, 5) is 0. The van der Waals surface area contributed by atoms with E-state index in [1.165, 1.54) is 0 Å². The molecule has 0 spiro atoms. The molecule has 0 bridgehead atoms. The molecule has 0 saturated carbocycles. The summed E-state index contributed by atoms with van der Waals surface area (Å²) in [5.74, 6) is 0. The molecule has 0 aliphatic rings. The third kappa shape index (κ3) is 9.01. The first-order valence-corrected chi connectivity index (χ1v) is 4.50. The van der Waals surface area contributed by atoms with Gasteiger partial charge in [0.25, 0.3) is 0 Å². The van der Waals surface area contributed by atoms with Gasteiger partial charge < -0.3 is 0 Å². The Labute approximate surface area is 62.6 Å².